The molecule has 2 heterocycles. The molecule has 9 heteroatoms. The zero-order valence-electron chi connectivity index (χ0n) is 17.4. The summed E-state index contributed by atoms with van der Waals surface area (Å²) in [6.07, 6.45) is 3.55. The van der Waals surface area contributed by atoms with Gasteiger partial charge in [0.1, 0.15) is 18.2 Å². The quantitative estimate of drug-likeness (QED) is 0.584. The van der Waals surface area contributed by atoms with E-state index in [0.717, 1.165) is 12.0 Å². The van der Waals surface area contributed by atoms with Crippen LogP contribution < -0.4 is 14.8 Å². The van der Waals surface area contributed by atoms with Crippen LogP contribution in [0.5, 0.6) is 5.75 Å². The van der Waals surface area contributed by atoms with E-state index < -0.39 is 15.8 Å². The molecule has 1 aliphatic rings. The predicted octanol–water partition coefficient (Wildman–Crippen LogP) is 2.34. The number of aromatic nitrogens is 2. The number of imidazole rings is 1. The molecule has 2 N–H and O–H groups in total. The number of nitrogens with one attached hydrogen (secondary N) is 2. The Bertz CT molecular complexity index is 1160. The van der Waals surface area contributed by atoms with Gasteiger partial charge in [-0.05, 0) is 30.7 Å². The third-order valence-corrected chi connectivity index (χ3v) is 6.85. The number of aryl methyl sites for hydroxylation is 1. The summed E-state index contributed by atoms with van der Waals surface area (Å²) in [7, 11) is -0.287. The van der Waals surface area contributed by atoms with Crippen molar-refractivity contribution in [1.29, 1.82) is 0 Å². The second-order valence-corrected chi connectivity index (χ2v) is 9.40. The topological polar surface area (TPSA) is 85.3 Å². The summed E-state index contributed by atoms with van der Waals surface area (Å²) in [6.45, 7) is 0.256. The molecule has 2 atom stereocenters. The summed E-state index contributed by atoms with van der Waals surface area (Å²) in [6, 6.07) is 13.2. The van der Waals surface area contributed by atoms with Crippen molar-refractivity contribution in [2.45, 2.75) is 30.0 Å². The minimum absolute atomic E-state index is 0.0521. The van der Waals surface area contributed by atoms with E-state index in [2.05, 4.69) is 27.2 Å². The van der Waals surface area contributed by atoms with Gasteiger partial charge in [-0.2, -0.15) is 0 Å². The molecule has 0 spiro atoms. The Labute approximate surface area is 181 Å². The molecule has 164 valence electrons. The lowest BCUT2D eigenvalue weighted by atomic mass is 9.83. The average molecular weight is 445 g/mol. The summed E-state index contributed by atoms with van der Waals surface area (Å²) in [5.74, 6) is 0.0491. The van der Waals surface area contributed by atoms with Crippen molar-refractivity contribution in [3.8, 4) is 5.75 Å². The standard InChI is InChI=1S/C22H25FN4O3S/c1-24-20-13-30-21-10-19(23)16(11-26-31(28,29)22-12-27(2)14-25-22)9-18(21)17(20)8-15-6-4-3-5-7-15/h3-7,9-10,12,14,17,20,24,26H,8,11,13H2,1-2H3/t17-,20-/m1/s1. The van der Waals surface area contributed by atoms with Gasteiger partial charge in [0.05, 0.1) is 6.33 Å². The minimum Gasteiger partial charge on any atom is -0.492 e. The number of halogens is 1. The van der Waals surface area contributed by atoms with E-state index in [9.17, 15) is 12.8 Å². The maximum atomic E-state index is 14.7. The maximum Gasteiger partial charge on any atom is 0.259 e. The van der Waals surface area contributed by atoms with Gasteiger partial charge in [-0.3, -0.25) is 0 Å². The molecule has 0 saturated carbocycles. The fourth-order valence-corrected chi connectivity index (χ4v) is 4.85. The number of nitrogens with zero attached hydrogens (tertiary/aromatic N) is 2. The van der Waals surface area contributed by atoms with E-state index in [0.29, 0.717) is 12.4 Å². The molecule has 3 aromatic rings. The smallest absolute Gasteiger partial charge is 0.259 e. The second kappa shape index (κ2) is 8.78. The Balaban J connectivity index is 1.62. The lowest BCUT2D eigenvalue weighted by Gasteiger charge is -2.34. The van der Waals surface area contributed by atoms with Crippen LogP contribution in [0.1, 0.15) is 22.6 Å². The second-order valence-electron chi connectivity index (χ2n) is 7.69. The third-order valence-electron chi connectivity index (χ3n) is 5.56. The van der Waals surface area contributed by atoms with Crippen LogP contribution in [0.4, 0.5) is 4.39 Å². The molecule has 0 amide bonds. The Kier molecular flexibility index (Phi) is 6.08. The summed E-state index contributed by atoms with van der Waals surface area (Å²) < 4.78 is 49.5. The van der Waals surface area contributed by atoms with Gasteiger partial charge in [0, 0.05) is 43.4 Å². The van der Waals surface area contributed by atoms with Crippen molar-refractivity contribution < 1.29 is 17.5 Å². The highest BCUT2D eigenvalue weighted by Crippen LogP contribution is 2.37. The van der Waals surface area contributed by atoms with Crippen LogP contribution in [-0.4, -0.2) is 37.7 Å². The van der Waals surface area contributed by atoms with Gasteiger partial charge in [0.25, 0.3) is 10.0 Å². The number of ether oxygens (including phenoxy) is 1. The van der Waals surface area contributed by atoms with Crippen LogP contribution in [0.3, 0.4) is 0 Å². The van der Waals surface area contributed by atoms with Crippen LogP contribution in [0, 0.1) is 5.82 Å². The van der Waals surface area contributed by atoms with Crippen LogP contribution in [0.15, 0.2) is 60.0 Å². The Morgan fingerprint density at radius 3 is 2.71 bits per heavy atom. The van der Waals surface area contributed by atoms with Crippen LogP contribution >= 0.6 is 0 Å². The molecule has 0 aliphatic carbocycles. The first-order chi connectivity index (χ1) is 14.9. The number of benzene rings is 2. The van der Waals surface area contributed by atoms with E-state index >= 15 is 0 Å². The van der Waals surface area contributed by atoms with E-state index in [1.165, 1.54) is 28.7 Å². The van der Waals surface area contributed by atoms with E-state index in [-0.39, 0.29) is 29.1 Å². The minimum atomic E-state index is -3.85. The lowest BCUT2D eigenvalue weighted by molar-refractivity contribution is 0.217. The number of fused-ring (bicyclic) bond motifs is 1. The molecule has 0 unspecified atom stereocenters. The molecule has 1 aromatic heterocycles. The monoisotopic (exact) mass is 444 g/mol. The third kappa shape index (κ3) is 4.63. The SMILES string of the molecule is CN[C@@H]1COc2cc(F)c(CNS(=O)(=O)c3cn(C)cn3)cc2[C@H]1Cc1ccccc1. The molecule has 4 rings (SSSR count). The zero-order chi connectivity index (χ0) is 22.0. The molecule has 7 nitrogen and oxygen atoms in total. The van der Waals surface area contributed by atoms with Gasteiger partial charge >= 0.3 is 0 Å². The highest BCUT2D eigenvalue weighted by Gasteiger charge is 2.31. The molecule has 0 bridgehead atoms. The van der Waals surface area contributed by atoms with Crippen molar-refractivity contribution in [3.05, 3.63) is 77.5 Å². The zero-order valence-corrected chi connectivity index (χ0v) is 18.2. The van der Waals surface area contributed by atoms with Gasteiger partial charge in [-0.15, -0.1) is 0 Å². The van der Waals surface area contributed by atoms with Crippen molar-refractivity contribution in [2.75, 3.05) is 13.7 Å². The van der Waals surface area contributed by atoms with Crippen molar-refractivity contribution in [1.82, 2.24) is 19.6 Å². The number of hydrogen-bond donors (Lipinski definition) is 2. The van der Waals surface area contributed by atoms with E-state index in [1.54, 1.807) is 13.1 Å². The van der Waals surface area contributed by atoms with E-state index in [1.807, 2.05) is 25.2 Å². The highest BCUT2D eigenvalue weighted by molar-refractivity contribution is 7.89. The Morgan fingerprint density at radius 2 is 2.03 bits per heavy atom. The summed E-state index contributed by atoms with van der Waals surface area (Å²) in [5, 5.41) is 3.19. The first-order valence-corrected chi connectivity index (χ1v) is 11.5. The maximum absolute atomic E-state index is 14.7. The van der Waals surface area contributed by atoms with E-state index in [4.69, 9.17) is 4.74 Å². The fraction of sp³-hybridized carbons (Fsp3) is 0.318. The molecule has 0 saturated heterocycles. The highest BCUT2D eigenvalue weighted by atomic mass is 32.2. The molecule has 0 radical (unpaired) electrons. The summed E-state index contributed by atoms with van der Waals surface area (Å²) >= 11 is 0. The van der Waals surface area contributed by atoms with Crippen molar-refractivity contribution in [3.63, 3.8) is 0 Å². The molecular weight excluding hydrogens is 419 g/mol. The predicted molar refractivity (Wildman–Crippen MR) is 115 cm³/mol. The number of sulfonamides is 1. The Hall–Kier alpha value is -2.75. The van der Waals surface area contributed by atoms with Gasteiger partial charge in [-0.1, -0.05) is 30.3 Å². The molecule has 2 aromatic carbocycles. The number of hydrogen-bond acceptors (Lipinski definition) is 5. The molecule has 31 heavy (non-hydrogen) atoms. The van der Waals surface area contributed by atoms with Gasteiger partial charge in [-0.25, -0.2) is 22.5 Å². The fourth-order valence-electron chi connectivity index (χ4n) is 3.86. The number of rotatable bonds is 7. The summed E-state index contributed by atoms with van der Waals surface area (Å²) in [4.78, 5) is 3.86. The number of likely N-dealkylation sites (N-methyl/N-ethyl adjacent to an activating group) is 1. The first kappa shape index (κ1) is 21.5. The van der Waals surface area contributed by atoms with Crippen LogP contribution in [0.25, 0.3) is 0 Å². The molecule has 0 fully saturated rings. The largest absolute Gasteiger partial charge is 0.492 e. The van der Waals surface area contributed by atoms with Crippen molar-refractivity contribution >= 4 is 10.0 Å². The summed E-state index contributed by atoms with van der Waals surface area (Å²) in [5.41, 5.74) is 2.29. The van der Waals surface area contributed by atoms with Crippen LogP contribution in [-0.2, 0) is 30.0 Å². The van der Waals surface area contributed by atoms with Crippen LogP contribution in [0.2, 0.25) is 0 Å². The van der Waals surface area contributed by atoms with Gasteiger partial charge < -0.3 is 14.6 Å². The Morgan fingerprint density at radius 1 is 1.26 bits per heavy atom. The lowest BCUT2D eigenvalue weighted by Crippen LogP contribution is -2.41. The van der Waals surface area contributed by atoms with Gasteiger partial charge in [0.15, 0.2) is 5.03 Å². The average Bonchev–Trinajstić information content (AvgIpc) is 3.21. The van der Waals surface area contributed by atoms with Crippen molar-refractivity contribution in [2.24, 2.45) is 7.05 Å². The normalized spacial score (nSPS) is 18.4. The molecule has 1 aliphatic heterocycles. The first-order valence-electron chi connectivity index (χ1n) is 10.0. The molecular formula is C22H25FN4O3S. The van der Waals surface area contributed by atoms with Gasteiger partial charge in [0.2, 0.25) is 0 Å².